The van der Waals surface area contributed by atoms with E-state index in [1.54, 1.807) is 37.9 Å². The number of phenolic OH excluding ortho intramolecular Hbond substituents is 1. The Kier molecular flexibility index (Phi) is 5.42. The van der Waals surface area contributed by atoms with Crippen molar-refractivity contribution in [2.24, 2.45) is 5.73 Å². The maximum Gasteiger partial charge on any atom is 0.264 e. The van der Waals surface area contributed by atoms with Crippen LogP contribution in [0.25, 0.3) is 16.8 Å². The molecule has 1 aromatic carbocycles. The third-order valence-electron chi connectivity index (χ3n) is 4.80. The summed E-state index contributed by atoms with van der Waals surface area (Å²) >= 11 is 0. The summed E-state index contributed by atoms with van der Waals surface area (Å²) in [7, 11) is 1.59. The van der Waals surface area contributed by atoms with Gasteiger partial charge < -0.3 is 21.3 Å². The normalized spacial score (nSPS) is 11.0. The SMILES string of the molecule is COCCn1cc(-c2cc(C(N)=O)c(N)n(-c3c(C)ccc(O)c3C)c2=O)cn1. The predicted molar refractivity (Wildman–Crippen MR) is 109 cm³/mol. The van der Waals surface area contributed by atoms with Gasteiger partial charge in [0, 0.05) is 24.4 Å². The molecule has 1 amide bonds. The number of amides is 1. The Bertz CT molecular complexity index is 1150. The number of methoxy groups -OCH3 is 1. The lowest BCUT2D eigenvalue weighted by molar-refractivity contribution is 0.100. The monoisotopic (exact) mass is 397 g/mol. The van der Waals surface area contributed by atoms with Crippen LogP contribution in [0.2, 0.25) is 0 Å². The molecule has 2 heterocycles. The van der Waals surface area contributed by atoms with E-state index < -0.39 is 11.5 Å². The average Bonchev–Trinajstić information content (AvgIpc) is 3.14. The minimum absolute atomic E-state index is 0.00591. The van der Waals surface area contributed by atoms with Crippen LogP contribution in [-0.4, -0.2) is 39.1 Å². The van der Waals surface area contributed by atoms with Crippen LogP contribution in [0, 0.1) is 13.8 Å². The van der Waals surface area contributed by atoms with Gasteiger partial charge in [0.25, 0.3) is 11.5 Å². The van der Waals surface area contributed by atoms with Gasteiger partial charge in [-0.3, -0.25) is 18.8 Å². The summed E-state index contributed by atoms with van der Waals surface area (Å²) in [6.45, 7) is 4.42. The molecule has 2 aromatic heterocycles. The lowest BCUT2D eigenvalue weighted by Gasteiger charge is -2.19. The minimum Gasteiger partial charge on any atom is -0.508 e. The lowest BCUT2D eigenvalue weighted by atomic mass is 10.0. The molecule has 0 spiro atoms. The van der Waals surface area contributed by atoms with Crippen molar-refractivity contribution < 1.29 is 14.6 Å². The van der Waals surface area contributed by atoms with Crippen LogP contribution in [-0.2, 0) is 11.3 Å². The van der Waals surface area contributed by atoms with Crippen molar-refractivity contribution in [3.63, 3.8) is 0 Å². The molecule has 0 aliphatic rings. The van der Waals surface area contributed by atoms with Gasteiger partial charge in [-0.2, -0.15) is 5.10 Å². The molecule has 29 heavy (non-hydrogen) atoms. The number of carbonyl (C=O) groups is 1. The number of benzene rings is 1. The van der Waals surface area contributed by atoms with E-state index in [0.29, 0.717) is 35.5 Å². The Labute approximate surface area is 167 Å². The highest BCUT2D eigenvalue weighted by atomic mass is 16.5. The van der Waals surface area contributed by atoms with Crippen molar-refractivity contribution in [1.82, 2.24) is 14.3 Å². The van der Waals surface area contributed by atoms with E-state index >= 15 is 0 Å². The number of phenols is 1. The van der Waals surface area contributed by atoms with Crippen molar-refractivity contribution >= 4 is 11.7 Å². The number of pyridine rings is 1. The molecule has 9 nitrogen and oxygen atoms in total. The van der Waals surface area contributed by atoms with Crippen LogP contribution in [0.4, 0.5) is 5.82 Å². The van der Waals surface area contributed by atoms with Gasteiger partial charge in [-0.05, 0) is 31.5 Å². The van der Waals surface area contributed by atoms with Crippen molar-refractivity contribution in [3.8, 4) is 22.6 Å². The number of primary amides is 1. The van der Waals surface area contributed by atoms with Gasteiger partial charge >= 0.3 is 0 Å². The zero-order chi connectivity index (χ0) is 21.3. The Morgan fingerprint density at radius 3 is 2.69 bits per heavy atom. The molecule has 9 heteroatoms. The van der Waals surface area contributed by atoms with E-state index in [0.717, 1.165) is 0 Å². The first-order valence-electron chi connectivity index (χ1n) is 8.92. The highest BCUT2D eigenvalue weighted by Crippen LogP contribution is 2.30. The zero-order valence-corrected chi connectivity index (χ0v) is 16.5. The number of aromatic nitrogens is 3. The van der Waals surface area contributed by atoms with Gasteiger partial charge in [-0.25, -0.2) is 0 Å². The number of aromatic hydroxyl groups is 1. The van der Waals surface area contributed by atoms with Crippen molar-refractivity contribution in [2.75, 3.05) is 19.5 Å². The van der Waals surface area contributed by atoms with Crippen molar-refractivity contribution in [2.45, 2.75) is 20.4 Å². The summed E-state index contributed by atoms with van der Waals surface area (Å²) in [6, 6.07) is 4.58. The Morgan fingerprint density at radius 2 is 2.03 bits per heavy atom. The summed E-state index contributed by atoms with van der Waals surface area (Å²) in [5.41, 5.74) is 13.5. The number of nitrogens with zero attached hydrogens (tertiary/aromatic N) is 3. The number of aryl methyl sites for hydroxylation is 1. The summed E-state index contributed by atoms with van der Waals surface area (Å²) in [5, 5.41) is 14.4. The van der Waals surface area contributed by atoms with E-state index in [-0.39, 0.29) is 22.7 Å². The second kappa shape index (κ2) is 7.80. The quantitative estimate of drug-likeness (QED) is 0.574. The van der Waals surface area contributed by atoms with Gasteiger partial charge in [-0.15, -0.1) is 0 Å². The standard InChI is InChI=1S/C20H23N5O4/c1-11-4-5-16(26)12(2)17(11)25-18(21)15(19(22)27)8-14(20(25)28)13-9-23-24(10-13)6-7-29-3/h4-5,8-10,26H,6-7,21H2,1-3H3,(H2,22,27). The smallest absolute Gasteiger partial charge is 0.264 e. The number of ether oxygens (including phenoxy) is 1. The molecule has 5 N–H and O–H groups in total. The van der Waals surface area contributed by atoms with Crippen LogP contribution in [0.3, 0.4) is 0 Å². The van der Waals surface area contributed by atoms with Crippen LogP contribution in [0.15, 0.2) is 35.4 Å². The molecule has 0 aliphatic carbocycles. The number of hydrogen-bond donors (Lipinski definition) is 3. The summed E-state index contributed by atoms with van der Waals surface area (Å²) < 4.78 is 7.88. The second-order valence-corrected chi connectivity index (χ2v) is 6.72. The number of nitrogens with two attached hydrogens (primary N) is 2. The number of carbonyl (C=O) groups excluding carboxylic acids is 1. The van der Waals surface area contributed by atoms with E-state index in [1.807, 2.05) is 0 Å². The van der Waals surface area contributed by atoms with Gasteiger partial charge in [0.2, 0.25) is 0 Å². The second-order valence-electron chi connectivity index (χ2n) is 6.72. The highest BCUT2D eigenvalue weighted by molar-refractivity contribution is 5.98. The average molecular weight is 397 g/mol. The van der Waals surface area contributed by atoms with Crippen LogP contribution >= 0.6 is 0 Å². The van der Waals surface area contributed by atoms with Crippen molar-refractivity contribution in [1.29, 1.82) is 0 Å². The molecular weight excluding hydrogens is 374 g/mol. The van der Waals surface area contributed by atoms with Crippen LogP contribution in [0.1, 0.15) is 21.5 Å². The van der Waals surface area contributed by atoms with Crippen LogP contribution in [0.5, 0.6) is 5.75 Å². The molecule has 0 atom stereocenters. The summed E-state index contributed by atoms with van der Waals surface area (Å²) in [6.07, 6.45) is 3.21. The third kappa shape index (κ3) is 3.59. The summed E-state index contributed by atoms with van der Waals surface area (Å²) in [5.74, 6) is -0.843. The molecule has 152 valence electrons. The molecular formula is C20H23N5O4. The van der Waals surface area contributed by atoms with Crippen LogP contribution < -0.4 is 17.0 Å². The largest absolute Gasteiger partial charge is 0.508 e. The molecule has 3 rings (SSSR count). The Balaban J connectivity index is 2.31. The molecule has 0 unspecified atom stereocenters. The molecule has 3 aromatic rings. The third-order valence-corrected chi connectivity index (χ3v) is 4.80. The van der Waals surface area contributed by atoms with E-state index in [9.17, 15) is 14.7 Å². The van der Waals surface area contributed by atoms with E-state index in [4.69, 9.17) is 16.2 Å². The Morgan fingerprint density at radius 1 is 1.31 bits per heavy atom. The first-order valence-corrected chi connectivity index (χ1v) is 8.92. The first-order chi connectivity index (χ1) is 13.8. The molecule has 0 saturated carbocycles. The fraction of sp³-hybridized carbons (Fsp3) is 0.250. The number of nitrogen functional groups attached to an aromatic ring is 1. The number of rotatable bonds is 6. The van der Waals surface area contributed by atoms with E-state index in [2.05, 4.69) is 5.10 Å². The Hall–Kier alpha value is -3.59. The van der Waals surface area contributed by atoms with Crippen molar-refractivity contribution in [3.05, 3.63) is 57.6 Å². The lowest BCUT2D eigenvalue weighted by Crippen LogP contribution is -2.28. The molecule has 0 fully saturated rings. The molecule has 0 bridgehead atoms. The van der Waals surface area contributed by atoms with Gasteiger partial charge in [0.05, 0.1) is 36.2 Å². The highest BCUT2D eigenvalue weighted by Gasteiger charge is 2.22. The fourth-order valence-electron chi connectivity index (χ4n) is 3.24. The maximum atomic E-state index is 13.4. The number of anilines is 1. The molecule has 0 aliphatic heterocycles. The van der Waals surface area contributed by atoms with E-state index in [1.165, 1.54) is 22.9 Å². The zero-order valence-electron chi connectivity index (χ0n) is 16.5. The minimum atomic E-state index is -0.764. The van der Waals surface area contributed by atoms with Gasteiger partial charge in [-0.1, -0.05) is 6.07 Å². The maximum absolute atomic E-state index is 13.4. The first kappa shape index (κ1) is 20.2. The molecule has 0 radical (unpaired) electrons. The topological polar surface area (TPSA) is 138 Å². The predicted octanol–water partition coefficient (Wildman–Crippen LogP) is 1.35. The van der Waals surface area contributed by atoms with Gasteiger partial charge in [0.15, 0.2) is 0 Å². The summed E-state index contributed by atoms with van der Waals surface area (Å²) in [4.78, 5) is 25.4. The number of hydrogen-bond acceptors (Lipinski definition) is 6. The molecule has 0 saturated heterocycles. The fourth-order valence-corrected chi connectivity index (χ4v) is 3.24. The van der Waals surface area contributed by atoms with Gasteiger partial charge in [0.1, 0.15) is 11.6 Å².